The fourth-order valence-electron chi connectivity index (χ4n) is 3.11. The highest BCUT2D eigenvalue weighted by atomic mass is 19.4. The van der Waals surface area contributed by atoms with Gasteiger partial charge in [0.05, 0.1) is 6.61 Å². The van der Waals surface area contributed by atoms with Crippen molar-refractivity contribution in [3.05, 3.63) is 64.8 Å². The molecule has 170 valence electrons. The van der Waals surface area contributed by atoms with E-state index in [2.05, 4.69) is 20.4 Å². The summed E-state index contributed by atoms with van der Waals surface area (Å²) in [6, 6.07) is 10.0. The van der Waals surface area contributed by atoms with Gasteiger partial charge in [0.2, 0.25) is 5.82 Å². The molecule has 2 aromatic heterocycles. The van der Waals surface area contributed by atoms with E-state index in [-0.39, 0.29) is 0 Å². The van der Waals surface area contributed by atoms with Crippen LogP contribution in [0.1, 0.15) is 28.3 Å². The van der Waals surface area contributed by atoms with Gasteiger partial charge < -0.3 is 19.7 Å². The highest BCUT2D eigenvalue weighted by molar-refractivity contribution is 5.73. The van der Waals surface area contributed by atoms with Crippen LogP contribution in [0, 0.1) is 6.92 Å². The normalized spacial score (nSPS) is 13.1. The molecule has 3 aromatic rings. The molecule has 0 saturated heterocycles. The van der Waals surface area contributed by atoms with Gasteiger partial charge in [0, 0.05) is 24.0 Å². The maximum Gasteiger partial charge on any atom is 0.490 e. The summed E-state index contributed by atoms with van der Waals surface area (Å²) >= 11 is 0. The lowest BCUT2D eigenvalue weighted by Crippen LogP contribution is -2.24. The van der Waals surface area contributed by atoms with Crippen LogP contribution in [-0.2, 0) is 35.7 Å². The van der Waals surface area contributed by atoms with Crippen molar-refractivity contribution in [2.45, 2.75) is 39.3 Å². The van der Waals surface area contributed by atoms with E-state index >= 15 is 0 Å². The molecule has 1 aliphatic heterocycles. The summed E-state index contributed by atoms with van der Waals surface area (Å²) in [5, 5.41) is 14.6. The smallest absolute Gasteiger partial charge is 0.475 e. The lowest BCUT2D eigenvalue weighted by atomic mass is 9.95. The van der Waals surface area contributed by atoms with E-state index in [1.54, 1.807) is 0 Å². The Hall–Kier alpha value is -3.31. The van der Waals surface area contributed by atoms with Crippen LogP contribution in [0.4, 0.5) is 13.2 Å². The third-order valence-electron chi connectivity index (χ3n) is 4.60. The second-order valence-corrected chi connectivity index (χ2v) is 6.94. The van der Waals surface area contributed by atoms with E-state index in [9.17, 15) is 13.2 Å². The van der Waals surface area contributed by atoms with Crippen LogP contribution >= 0.6 is 0 Å². The molecule has 0 bridgehead atoms. The van der Waals surface area contributed by atoms with Gasteiger partial charge in [0.25, 0.3) is 5.89 Å². The summed E-state index contributed by atoms with van der Waals surface area (Å²) in [6.45, 7) is 4.59. The molecule has 4 rings (SSSR count). The molecule has 1 aromatic carbocycles. The Morgan fingerprint density at radius 1 is 1.25 bits per heavy atom. The molecule has 8 nitrogen and oxygen atoms in total. The summed E-state index contributed by atoms with van der Waals surface area (Å²) in [5.41, 5.74) is 5.52. The molecule has 0 amide bonds. The average molecular weight is 450 g/mol. The molecule has 0 atom stereocenters. The van der Waals surface area contributed by atoms with Crippen LogP contribution in [-0.4, -0.2) is 38.9 Å². The molecule has 0 aliphatic carbocycles. The zero-order valence-electron chi connectivity index (χ0n) is 17.1. The van der Waals surface area contributed by atoms with Crippen LogP contribution < -0.4 is 5.32 Å². The van der Waals surface area contributed by atoms with Crippen molar-refractivity contribution in [2.24, 2.45) is 0 Å². The summed E-state index contributed by atoms with van der Waals surface area (Å²) in [7, 11) is 0. The Bertz CT molecular complexity index is 1050. The number of hydrogen-bond donors (Lipinski definition) is 2. The van der Waals surface area contributed by atoms with Crippen LogP contribution in [0.15, 0.2) is 41.1 Å². The Labute approximate surface area is 181 Å². The van der Waals surface area contributed by atoms with Crippen LogP contribution in [0.25, 0.3) is 11.4 Å². The molecule has 0 unspecified atom stereocenters. The van der Waals surface area contributed by atoms with Gasteiger partial charge in [-0.15, -0.1) is 0 Å². The zero-order valence-corrected chi connectivity index (χ0v) is 17.1. The first kappa shape index (κ1) is 23.4. The number of ether oxygens (including phenoxy) is 1. The van der Waals surface area contributed by atoms with E-state index in [1.807, 2.05) is 43.5 Å². The van der Waals surface area contributed by atoms with Crippen molar-refractivity contribution in [1.82, 2.24) is 20.4 Å². The van der Waals surface area contributed by atoms with Gasteiger partial charge in [-0.3, -0.25) is 4.98 Å². The Balaban J connectivity index is 0.000000360. The minimum absolute atomic E-state index is 0.297. The largest absolute Gasteiger partial charge is 0.490 e. The number of rotatable bonds is 5. The van der Waals surface area contributed by atoms with Crippen molar-refractivity contribution in [3.8, 4) is 11.4 Å². The first-order valence-corrected chi connectivity index (χ1v) is 9.68. The number of fused-ring (bicyclic) bond motifs is 1. The topological polar surface area (TPSA) is 110 Å². The molecular formula is C21H21F3N4O4. The lowest BCUT2D eigenvalue weighted by molar-refractivity contribution is -0.192. The number of aryl methyl sites for hydroxylation is 1. The van der Waals surface area contributed by atoms with Crippen molar-refractivity contribution in [2.75, 3.05) is 6.54 Å². The second kappa shape index (κ2) is 10.3. The van der Waals surface area contributed by atoms with Crippen LogP contribution in [0.3, 0.4) is 0 Å². The van der Waals surface area contributed by atoms with E-state index in [1.165, 1.54) is 11.1 Å². The number of pyridine rings is 1. The predicted octanol–water partition coefficient (Wildman–Crippen LogP) is 3.44. The van der Waals surface area contributed by atoms with E-state index in [0.29, 0.717) is 24.9 Å². The number of carboxylic acids is 1. The number of aliphatic carboxylic acids is 1. The van der Waals surface area contributed by atoms with Crippen molar-refractivity contribution in [3.63, 3.8) is 0 Å². The Morgan fingerprint density at radius 2 is 1.97 bits per heavy atom. The SMILES string of the molecule is Cc1ncc2c(c1-c1noc(COCc3ccccc3)n1)CCNC2.O=C(O)C(F)(F)F. The van der Waals surface area contributed by atoms with Gasteiger partial charge >= 0.3 is 12.1 Å². The minimum atomic E-state index is -5.08. The third kappa shape index (κ3) is 6.11. The monoisotopic (exact) mass is 450 g/mol. The van der Waals surface area contributed by atoms with Gasteiger partial charge in [0.15, 0.2) is 0 Å². The molecule has 3 heterocycles. The summed E-state index contributed by atoms with van der Waals surface area (Å²) in [6.07, 6.45) is -2.20. The number of benzene rings is 1. The summed E-state index contributed by atoms with van der Waals surface area (Å²) < 4.78 is 42.8. The highest BCUT2D eigenvalue weighted by Crippen LogP contribution is 2.28. The third-order valence-corrected chi connectivity index (χ3v) is 4.60. The average Bonchev–Trinajstić information content (AvgIpc) is 3.22. The van der Waals surface area contributed by atoms with Crippen molar-refractivity contribution >= 4 is 5.97 Å². The van der Waals surface area contributed by atoms with Crippen molar-refractivity contribution in [1.29, 1.82) is 0 Å². The van der Waals surface area contributed by atoms with Crippen LogP contribution in [0.2, 0.25) is 0 Å². The Kier molecular flexibility index (Phi) is 7.54. The highest BCUT2D eigenvalue weighted by Gasteiger charge is 2.38. The number of nitrogens with zero attached hydrogens (tertiary/aromatic N) is 3. The number of aromatic nitrogens is 3. The molecule has 0 spiro atoms. The molecule has 11 heteroatoms. The number of halogens is 3. The molecular weight excluding hydrogens is 429 g/mol. The first-order chi connectivity index (χ1) is 15.3. The number of alkyl halides is 3. The van der Waals surface area contributed by atoms with Gasteiger partial charge in [0.1, 0.15) is 6.61 Å². The quantitative estimate of drug-likeness (QED) is 0.608. The molecule has 1 aliphatic rings. The number of nitrogens with one attached hydrogen (secondary N) is 1. The van der Waals surface area contributed by atoms with Gasteiger partial charge in [-0.05, 0) is 36.6 Å². The fourth-order valence-corrected chi connectivity index (χ4v) is 3.11. The molecule has 2 N–H and O–H groups in total. The maximum absolute atomic E-state index is 10.6. The molecule has 0 radical (unpaired) electrons. The van der Waals surface area contributed by atoms with E-state index in [0.717, 1.165) is 36.3 Å². The van der Waals surface area contributed by atoms with E-state index in [4.69, 9.17) is 19.2 Å². The number of carbonyl (C=O) groups is 1. The maximum atomic E-state index is 10.6. The number of carboxylic acid groups (broad SMARTS) is 1. The van der Waals surface area contributed by atoms with Gasteiger partial charge in [-0.1, -0.05) is 35.5 Å². The summed E-state index contributed by atoms with van der Waals surface area (Å²) in [5.74, 6) is -1.67. The van der Waals surface area contributed by atoms with Gasteiger partial charge in [-0.25, -0.2) is 4.79 Å². The second-order valence-electron chi connectivity index (χ2n) is 6.94. The first-order valence-electron chi connectivity index (χ1n) is 9.68. The number of hydrogen-bond acceptors (Lipinski definition) is 7. The lowest BCUT2D eigenvalue weighted by Gasteiger charge is -2.19. The van der Waals surface area contributed by atoms with Crippen molar-refractivity contribution < 1.29 is 32.3 Å². The van der Waals surface area contributed by atoms with Crippen LogP contribution in [0.5, 0.6) is 0 Å². The zero-order chi connectivity index (χ0) is 23.1. The molecule has 0 saturated carbocycles. The minimum Gasteiger partial charge on any atom is -0.475 e. The molecule has 0 fully saturated rings. The fraction of sp³-hybridized carbons (Fsp3) is 0.333. The van der Waals surface area contributed by atoms with E-state index < -0.39 is 12.1 Å². The standard InChI is InChI=1S/C19H20N4O2.C2HF3O2/c1-13-18(16-7-8-20-9-15(16)10-21-13)19-22-17(25-23-19)12-24-11-14-5-3-2-4-6-14;3-2(4,5)1(6)7/h2-6,10,20H,7-9,11-12H2,1H3;(H,6,7). The molecule has 32 heavy (non-hydrogen) atoms. The summed E-state index contributed by atoms with van der Waals surface area (Å²) in [4.78, 5) is 17.9. The van der Waals surface area contributed by atoms with Gasteiger partial charge in [-0.2, -0.15) is 18.2 Å². The predicted molar refractivity (Wildman–Crippen MR) is 106 cm³/mol. The Morgan fingerprint density at radius 3 is 2.66 bits per heavy atom.